The number of carbonyl (C=O) groups is 1. The van der Waals surface area contributed by atoms with Gasteiger partial charge in [0.1, 0.15) is 17.1 Å². The predicted molar refractivity (Wildman–Crippen MR) is 132 cm³/mol. The summed E-state index contributed by atoms with van der Waals surface area (Å²) in [5, 5.41) is 20.9. The third kappa shape index (κ3) is 3.23. The van der Waals surface area contributed by atoms with Gasteiger partial charge >= 0.3 is 0 Å². The molecule has 0 fully saturated rings. The van der Waals surface area contributed by atoms with E-state index in [1.54, 1.807) is 16.8 Å². The number of nitrogens with zero attached hydrogens (tertiary/aromatic N) is 3. The Kier molecular flexibility index (Phi) is 4.79. The average molecular weight is 501 g/mol. The van der Waals surface area contributed by atoms with E-state index < -0.39 is 27.8 Å². The predicted octanol–water partition coefficient (Wildman–Crippen LogP) is 3.80. The number of fused-ring (bicyclic) bond motifs is 5. The highest BCUT2D eigenvalue weighted by Gasteiger charge is 2.47. The minimum absolute atomic E-state index is 0.0763. The van der Waals surface area contributed by atoms with Crippen molar-refractivity contribution in [3.63, 3.8) is 0 Å². The first-order valence-electron chi connectivity index (χ1n) is 11.1. The Morgan fingerprint density at radius 1 is 0.944 bits per heavy atom. The van der Waals surface area contributed by atoms with Crippen LogP contribution in [-0.2, 0) is 14.8 Å². The fourth-order valence-corrected chi connectivity index (χ4v) is 5.35. The minimum atomic E-state index is -3.92. The Morgan fingerprint density at radius 3 is 2.31 bits per heavy atom. The highest BCUT2D eigenvalue weighted by atomic mass is 32.2. The summed E-state index contributed by atoms with van der Waals surface area (Å²) in [5.41, 5.74) is 3.32. The van der Waals surface area contributed by atoms with Crippen LogP contribution in [0.4, 0.5) is 11.5 Å². The van der Waals surface area contributed by atoms with Gasteiger partial charge in [0.15, 0.2) is 0 Å². The normalized spacial score (nSPS) is 16.8. The zero-order valence-electron chi connectivity index (χ0n) is 19.0. The molecule has 9 nitrogen and oxygen atoms in total. The second-order valence-corrected chi connectivity index (χ2v) is 10.1. The fraction of sp³-hybridized carbons (Fsp3) is 0.0769. The summed E-state index contributed by atoms with van der Waals surface area (Å²) in [5.74, 6) is -0.646. The Morgan fingerprint density at radius 2 is 1.61 bits per heavy atom. The fourth-order valence-electron chi connectivity index (χ4n) is 4.84. The van der Waals surface area contributed by atoms with Crippen molar-refractivity contribution in [3.8, 4) is 11.4 Å². The number of aliphatic hydroxyl groups is 1. The number of nitrogens with two attached hydrogens (primary N) is 1. The standard InChI is InChI=1S/C26H20N4O5S/c1-15-21-22-19-9-5-6-10-20(19)35-26(32)23(22)25(31)29(16-11-13-18(14-12-16)36(27,33)34)24(21)30(28-15)17-7-3-2-4-8-17/h2-14,22,32H,1H3,(H2,27,33,34). The maximum absolute atomic E-state index is 14.1. The van der Waals surface area contributed by atoms with Crippen LogP contribution in [0.2, 0.25) is 0 Å². The number of para-hydroxylation sites is 2. The van der Waals surface area contributed by atoms with Gasteiger partial charge in [0.25, 0.3) is 11.9 Å². The molecule has 2 aliphatic heterocycles. The number of rotatable bonds is 3. The molecule has 4 aromatic rings. The number of sulfonamides is 1. The highest BCUT2D eigenvalue weighted by Crippen LogP contribution is 2.52. The first-order chi connectivity index (χ1) is 17.3. The number of primary sulfonamides is 1. The minimum Gasteiger partial charge on any atom is -0.480 e. The number of ether oxygens (including phenoxy) is 1. The van der Waals surface area contributed by atoms with Crippen molar-refractivity contribution in [1.29, 1.82) is 0 Å². The molecule has 180 valence electrons. The van der Waals surface area contributed by atoms with Gasteiger partial charge in [-0.05, 0) is 49.4 Å². The zero-order valence-corrected chi connectivity index (χ0v) is 19.8. The first-order valence-corrected chi connectivity index (χ1v) is 12.6. The number of aromatic nitrogens is 2. The highest BCUT2D eigenvalue weighted by molar-refractivity contribution is 7.89. The number of benzene rings is 3. The molecule has 36 heavy (non-hydrogen) atoms. The van der Waals surface area contributed by atoms with Gasteiger partial charge in [-0.15, -0.1) is 0 Å². The number of amides is 1. The van der Waals surface area contributed by atoms with E-state index in [1.807, 2.05) is 49.4 Å². The molecule has 0 saturated heterocycles. The van der Waals surface area contributed by atoms with E-state index >= 15 is 0 Å². The van der Waals surface area contributed by atoms with Crippen molar-refractivity contribution in [2.24, 2.45) is 5.14 Å². The molecule has 0 radical (unpaired) electrons. The van der Waals surface area contributed by atoms with Crippen molar-refractivity contribution in [3.05, 3.63) is 107 Å². The topological polar surface area (TPSA) is 128 Å². The van der Waals surface area contributed by atoms with Gasteiger partial charge in [-0.3, -0.25) is 9.69 Å². The molecular weight excluding hydrogens is 480 g/mol. The van der Waals surface area contributed by atoms with Crippen LogP contribution in [-0.4, -0.2) is 29.2 Å². The molecule has 0 bridgehead atoms. The Balaban J connectivity index is 1.66. The van der Waals surface area contributed by atoms with E-state index in [9.17, 15) is 18.3 Å². The molecule has 3 heterocycles. The maximum atomic E-state index is 14.1. The lowest BCUT2D eigenvalue weighted by molar-refractivity contribution is -0.115. The van der Waals surface area contributed by atoms with Crippen LogP contribution in [0.5, 0.6) is 5.75 Å². The largest absolute Gasteiger partial charge is 0.480 e. The average Bonchev–Trinajstić information content (AvgIpc) is 3.20. The number of aryl methyl sites for hydroxylation is 1. The van der Waals surface area contributed by atoms with Gasteiger partial charge in [0.2, 0.25) is 10.0 Å². The molecule has 1 aromatic heterocycles. The molecule has 0 aliphatic carbocycles. The third-order valence-electron chi connectivity index (χ3n) is 6.40. The van der Waals surface area contributed by atoms with Crippen molar-refractivity contribution in [2.45, 2.75) is 17.7 Å². The van der Waals surface area contributed by atoms with Gasteiger partial charge < -0.3 is 9.84 Å². The third-order valence-corrected chi connectivity index (χ3v) is 7.32. The van der Waals surface area contributed by atoms with Crippen LogP contribution in [0.3, 0.4) is 0 Å². The Bertz CT molecular complexity index is 1680. The van der Waals surface area contributed by atoms with Gasteiger partial charge in [0, 0.05) is 11.1 Å². The second kappa shape index (κ2) is 7.80. The lowest BCUT2D eigenvalue weighted by Gasteiger charge is -2.37. The van der Waals surface area contributed by atoms with E-state index in [-0.39, 0.29) is 10.5 Å². The first kappa shape index (κ1) is 22.1. The van der Waals surface area contributed by atoms with Crippen LogP contribution < -0.4 is 14.8 Å². The molecule has 3 aromatic carbocycles. The molecule has 1 unspecified atom stereocenters. The molecule has 0 spiro atoms. The van der Waals surface area contributed by atoms with Gasteiger partial charge in [0.05, 0.1) is 27.9 Å². The molecule has 2 aliphatic rings. The summed E-state index contributed by atoms with van der Waals surface area (Å²) in [6.45, 7) is 1.85. The van der Waals surface area contributed by atoms with Crippen molar-refractivity contribution in [1.82, 2.24) is 9.78 Å². The van der Waals surface area contributed by atoms with Gasteiger partial charge in [-0.1, -0.05) is 36.4 Å². The Labute approximate surface area is 206 Å². The molecule has 0 saturated carbocycles. The number of aliphatic hydroxyl groups excluding tert-OH is 1. The number of hydrogen-bond acceptors (Lipinski definition) is 6. The summed E-state index contributed by atoms with van der Waals surface area (Å²) in [7, 11) is -3.92. The van der Waals surface area contributed by atoms with Gasteiger partial charge in [-0.25, -0.2) is 18.2 Å². The number of carbonyl (C=O) groups excluding carboxylic acids is 1. The van der Waals surface area contributed by atoms with E-state index in [4.69, 9.17) is 15.0 Å². The molecule has 6 rings (SSSR count). The second-order valence-electron chi connectivity index (χ2n) is 8.54. The van der Waals surface area contributed by atoms with E-state index in [2.05, 4.69) is 0 Å². The molecule has 3 N–H and O–H groups in total. The lowest BCUT2D eigenvalue weighted by atomic mass is 9.79. The van der Waals surface area contributed by atoms with Gasteiger partial charge in [-0.2, -0.15) is 5.10 Å². The summed E-state index contributed by atoms with van der Waals surface area (Å²) in [4.78, 5) is 15.4. The summed E-state index contributed by atoms with van der Waals surface area (Å²) >= 11 is 0. The smallest absolute Gasteiger partial charge is 0.292 e. The van der Waals surface area contributed by atoms with E-state index in [0.29, 0.717) is 22.9 Å². The van der Waals surface area contributed by atoms with Crippen LogP contribution in [0, 0.1) is 6.92 Å². The quantitative estimate of drug-likeness (QED) is 0.440. The van der Waals surface area contributed by atoms with E-state index in [1.165, 1.54) is 29.2 Å². The van der Waals surface area contributed by atoms with Crippen molar-refractivity contribution >= 4 is 27.4 Å². The summed E-state index contributed by atoms with van der Waals surface area (Å²) in [6, 6.07) is 22.3. The molecule has 10 heteroatoms. The summed E-state index contributed by atoms with van der Waals surface area (Å²) in [6.07, 6.45) is 0. The van der Waals surface area contributed by atoms with Crippen LogP contribution in [0.1, 0.15) is 22.7 Å². The Hall–Kier alpha value is -4.41. The maximum Gasteiger partial charge on any atom is 0.292 e. The number of anilines is 2. The molecule has 1 amide bonds. The summed E-state index contributed by atoms with van der Waals surface area (Å²) < 4.78 is 30.9. The van der Waals surface area contributed by atoms with E-state index in [0.717, 1.165) is 16.8 Å². The van der Waals surface area contributed by atoms with Crippen molar-refractivity contribution < 1.29 is 23.1 Å². The zero-order chi connectivity index (χ0) is 25.2. The van der Waals surface area contributed by atoms with Crippen LogP contribution in [0.15, 0.2) is 95.3 Å². The number of hydrogen-bond donors (Lipinski definition) is 2. The van der Waals surface area contributed by atoms with Crippen molar-refractivity contribution in [2.75, 3.05) is 4.90 Å². The lowest BCUT2D eigenvalue weighted by Crippen LogP contribution is -2.39. The molecule has 1 atom stereocenters. The monoisotopic (exact) mass is 500 g/mol. The SMILES string of the molecule is Cc1nn(-c2ccccc2)c2c1C1C(=C(O)Oc3ccccc31)C(=O)N2c1ccc(S(N)(=O)=O)cc1. The van der Waals surface area contributed by atoms with Crippen LogP contribution >= 0.6 is 0 Å². The molecular formula is C26H20N4O5S. The van der Waals surface area contributed by atoms with Crippen LogP contribution in [0.25, 0.3) is 5.69 Å².